The van der Waals surface area contributed by atoms with Crippen LogP contribution in [0.1, 0.15) is 48.5 Å². The Morgan fingerprint density at radius 1 is 1.10 bits per heavy atom. The van der Waals surface area contributed by atoms with Crippen LogP contribution in [0, 0.1) is 5.41 Å². The third-order valence-electron chi connectivity index (χ3n) is 2.77. The molecule has 0 spiro atoms. The van der Waals surface area contributed by atoms with Crippen LogP contribution in [0.4, 0.5) is 0 Å². The summed E-state index contributed by atoms with van der Waals surface area (Å²) >= 11 is 0. The van der Waals surface area contributed by atoms with Gasteiger partial charge in [0.2, 0.25) is 5.96 Å². The molecule has 4 heteroatoms. The summed E-state index contributed by atoms with van der Waals surface area (Å²) < 4.78 is 0. The molecular formula is C16H32N4. The van der Waals surface area contributed by atoms with Crippen LogP contribution in [0.25, 0.3) is 0 Å². The normalized spacial score (nSPS) is 20.4. The maximum atomic E-state index is 4.57. The number of guanidine groups is 1. The minimum Gasteiger partial charge on any atom is -0.338 e. The first-order chi connectivity index (χ1) is 9.57. The summed E-state index contributed by atoms with van der Waals surface area (Å²) in [7, 11) is 0. The van der Waals surface area contributed by atoms with E-state index in [-0.39, 0.29) is 5.41 Å². The van der Waals surface area contributed by atoms with Crippen molar-refractivity contribution in [2.24, 2.45) is 15.4 Å². The van der Waals surface area contributed by atoms with Crippen LogP contribution in [0.15, 0.2) is 21.8 Å². The Morgan fingerprint density at radius 2 is 1.65 bits per heavy atom. The van der Waals surface area contributed by atoms with E-state index in [1.807, 2.05) is 40.8 Å². The van der Waals surface area contributed by atoms with Gasteiger partial charge in [0, 0.05) is 43.5 Å². The fourth-order valence-corrected chi connectivity index (χ4v) is 2.04. The number of hydrogen-bond donors (Lipinski definition) is 1. The first-order valence-electron chi connectivity index (χ1n) is 7.86. The number of nitrogens with one attached hydrogen (secondary N) is 1. The van der Waals surface area contributed by atoms with Crippen LogP contribution in [0.2, 0.25) is 0 Å². The summed E-state index contributed by atoms with van der Waals surface area (Å²) in [6, 6.07) is 0. The van der Waals surface area contributed by atoms with Crippen LogP contribution < -0.4 is 5.32 Å². The SMILES string of the molecule is CC.CC.CC1=CC(C)(C)C=NC(N2CCNCC2)=N1. The van der Waals surface area contributed by atoms with E-state index in [0.717, 1.165) is 37.8 Å². The van der Waals surface area contributed by atoms with Crippen molar-refractivity contribution in [1.29, 1.82) is 0 Å². The van der Waals surface area contributed by atoms with Crippen molar-refractivity contribution in [2.75, 3.05) is 26.2 Å². The molecule has 2 aliphatic heterocycles. The van der Waals surface area contributed by atoms with E-state index in [0.29, 0.717) is 0 Å². The molecule has 0 saturated carbocycles. The molecule has 2 heterocycles. The third-order valence-corrected chi connectivity index (χ3v) is 2.77. The molecule has 20 heavy (non-hydrogen) atoms. The minimum atomic E-state index is 0.00334. The number of aliphatic imine (C=N–C) groups is 2. The van der Waals surface area contributed by atoms with Crippen LogP contribution in [-0.4, -0.2) is 43.3 Å². The van der Waals surface area contributed by atoms with Gasteiger partial charge in [-0.05, 0) is 6.92 Å². The van der Waals surface area contributed by atoms with E-state index in [4.69, 9.17) is 0 Å². The lowest BCUT2D eigenvalue weighted by atomic mass is 9.94. The van der Waals surface area contributed by atoms with E-state index in [9.17, 15) is 0 Å². The van der Waals surface area contributed by atoms with Gasteiger partial charge in [0.1, 0.15) is 0 Å². The molecule has 1 saturated heterocycles. The van der Waals surface area contributed by atoms with Gasteiger partial charge in [-0.15, -0.1) is 0 Å². The van der Waals surface area contributed by atoms with E-state index in [2.05, 4.69) is 40.1 Å². The first-order valence-corrected chi connectivity index (χ1v) is 7.86. The van der Waals surface area contributed by atoms with Crippen molar-refractivity contribution >= 4 is 12.2 Å². The molecule has 0 bridgehead atoms. The monoisotopic (exact) mass is 280 g/mol. The number of allylic oxidation sites excluding steroid dienone is 2. The number of nitrogens with zero attached hydrogens (tertiary/aromatic N) is 3. The second kappa shape index (κ2) is 9.70. The second-order valence-electron chi connectivity index (χ2n) is 5.01. The smallest absolute Gasteiger partial charge is 0.225 e. The molecule has 2 rings (SSSR count). The molecule has 0 amide bonds. The van der Waals surface area contributed by atoms with Gasteiger partial charge in [-0.25, -0.2) is 9.98 Å². The zero-order chi connectivity index (χ0) is 15.6. The zero-order valence-electron chi connectivity index (χ0n) is 14.3. The third kappa shape index (κ3) is 6.33. The van der Waals surface area contributed by atoms with Crippen molar-refractivity contribution in [2.45, 2.75) is 48.5 Å². The Morgan fingerprint density at radius 3 is 2.20 bits per heavy atom. The summed E-state index contributed by atoms with van der Waals surface area (Å²) in [5, 5.41) is 3.33. The molecule has 4 nitrogen and oxygen atoms in total. The summed E-state index contributed by atoms with van der Waals surface area (Å²) in [4.78, 5) is 11.3. The van der Waals surface area contributed by atoms with Gasteiger partial charge in [-0.3, -0.25) is 0 Å². The maximum Gasteiger partial charge on any atom is 0.225 e. The largest absolute Gasteiger partial charge is 0.338 e. The van der Waals surface area contributed by atoms with Crippen molar-refractivity contribution < 1.29 is 0 Å². The summed E-state index contributed by atoms with van der Waals surface area (Å²) in [5.74, 6) is 0.862. The topological polar surface area (TPSA) is 40.0 Å². The van der Waals surface area contributed by atoms with Crippen molar-refractivity contribution in [1.82, 2.24) is 10.2 Å². The highest BCUT2D eigenvalue weighted by Crippen LogP contribution is 2.20. The molecule has 0 aliphatic carbocycles. The molecule has 1 N–H and O–H groups in total. The number of piperazine rings is 1. The molecule has 0 aromatic heterocycles. The van der Waals surface area contributed by atoms with E-state index < -0.39 is 0 Å². The second-order valence-corrected chi connectivity index (χ2v) is 5.01. The van der Waals surface area contributed by atoms with Crippen LogP contribution in [-0.2, 0) is 0 Å². The lowest BCUT2D eigenvalue weighted by Gasteiger charge is -2.28. The molecule has 2 aliphatic rings. The quantitative estimate of drug-likeness (QED) is 0.739. The molecule has 0 aromatic rings. The summed E-state index contributed by atoms with van der Waals surface area (Å²) in [5.41, 5.74) is 1.06. The average Bonchev–Trinajstić information content (AvgIpc) is 2.61. The Labute approximate surface area is 125 Å². The molecular weight excluding hydrogens is 248 g/mol. The van der Waals surface area contributed by atoms with Gasteiger partial charge in [0.05, 0.1) is 0 Å². The van der Waals surface area contributed by atoms with Gasteiger partial charge in [-0.1, -0.05) is 47.6 Å². The molecule has 0 radical (unpaired) electrons. The lowest BCUT2D eigenvalue weighted by Crippen LogP contribution is -2.46. The predicted octanol–water partition coefficient (Wildman–Crippen LogP) is 3.31. The molecule has 1 fully saturated rings. The fourth-order valence-electron chi connectivity index (χ4n) is 2.04. The zero-order valence-corrected chi connectivity index (χ0v) is 14.3. The summed E-state index contributed by atoms with van der Waals surface area (Å²) in [6.07, 6.45) is 4.15. The van der Waals surface area contributed by atoms with Gasteiger partial charge in [0.25, 0.3) is 0 Å². The Balaban J connectivity index is 0.000000829. The summed E-state index contributed by atoms with van der Waals surface area (Å²) in [6.45, 7) is 18.3. The van der Waals surface area contributed by atoms with Crippen molar-refractivity contribution in [3.63, 3.8) is 0 Å². The predicted molar refractivity (Wildman–Crippen MR) is 90.6 cm³/mol. The molecule has 116 valence electrons. The highest BCUT2D eigenvalue weighted by Gasteiger charge is 2.19. The van der Waals surface area contributed by atoms with Gasteiger partial charge < -0.3 is 10.2 Å². The highest BCUT2D eigenvalue weighted by molar-refractivity contribution is 5.91. The Hall–Kier alpha value is -1.16. The fraction of sp³-hybridized carbons (Fsp3) is 0.750. The van der Waals surface area contributed by atoms with Gasteiger partial charge in [-0.2, -0.15) is 0 Å². The van der Waals surface area contributed by atoms with E-state index in [1.54, 1.807) is 0 Å². The van der Waals surface area contributed by atoms with E-state index >= 15 is 0 Å². The Bertz CT molecular complexity index is 347. The number of rotatable bonds is 0. The van der Waals surface area contributed by atoms with Gasteiger partial charge in [0.15, 0.2) is 0 Å². The van der Waals surface area contributed by atoms with Gasteiger partial charge >= 0.3 is 0 Å². The minimum absolute atomic E-state index is 0.00334. The van der Waals surface area contributed by atoms with Crippen LogP contribution >= 0.6 is 0 Å². The van der Waals surface area contributed by atoms with Crippen LogP contribution in [0.3, 0.4) is 0 Å². The molecule has 0 unspecified atom stereocenters. The standard InChI is InChI=1S/C12H20N4.2C2H6/c1-10-8-12(2,3)9-14-11(15-10)16-6-4-13-5-7-16;2*1-2/h8-9,13H,4-7H2,1-3H3;2*1-2H3. The van der Waals surface area contributed by atoms with Crippen LogP contribution in [0.5, 0.6) is 0 Å². The molecule has 0 atom stereocenters. The lowest BCUT2D eigenvalue weighted by molar-refractivity contribution is 0.354. The maximum absolute atomic E-state index is 4.57. The average molecular weight is 280 g/mol. The first kappa shape index (κ1) is 18.8. The van der Waals surface area contributed by atoms with Crippen molar-refractivity contribution in [3.05, 3.63) is 11.8 Å². The number of hydrogen-bond acceptors (Lipinski definition) is 4. The Kier molecular flexibility index (Phi) is 9.14. The van der Waals surface area contributed by atoms with E-state index in [1.165, 1.54) is 0 Å². The molecule has 0 aromatic carbocycles. The van der Waals surface area contributed by atoms with Crippen molar-refractivity contribution in [3.8, 4) is 0 Å². The highest BCUT2D eigenvalue weighted by atomic mass is 15.3.